The molecule has 2 saturated heterocycles. The number of esters is 1. The van der Waals surface area contributed by atoms with Crippen LogP contribution in [0.25, 0.3) is 0 Å². The average molecular weight is 514 g/mol. The molecule has 2 fully saturated rings. The lowest BCUT2D eigenvalue weighted by molar-refractivity contribution is -0.174. The van der Waals surface area contributed by atoms with Crippen molar-refractivity contribution in [3.05, 3.63) is 70.7 Å². The van der Waals surface area contributed by atoms with E-state index in [-0.39, 0.29) is 25.6 Å². The predicted molar refractivity (Wildman–Crippen MR) is 134 cm³/mol. The van der Waals surface area contributed by atoms with Crippen LogP contribution in [0.4, 0.5) is 4.79 Å². The lowest BCUT2D eigenvalue weighted by atomic mass is 9.75. The highest BCUT2D eigenvalue weighted by Crippen LogP contribution is 2.51. The summed E-state index contributed by atoms with van der Waals surface area (Å²) in [5.74, 6) is -2.37. The van der Waals surface area contributed by atoms with Crippen LogP contribution in [0.2, 0.25) is 5.02 Å². The Labute approximate surface area is 216 Å². The Hall–Kier alpha value is -2.90. The lowest BCUT2D eigenvalue weighted by Crippen LogP contribution is -2.50. The summed E-state index contributed by atoms with van der Waals surface area (Å²) < 4.78 is 17.4. The zero-order valence-electron chi connectivity index (χ0n) is 21.0. The Balaban J connectivity index is 1.82. The van der Waals surface area contributed by atoms with E-state index < -0.39 is 47.6 Å². The van der Waals surface area contributed by atoms with Crippen LogP contribution in [-0.4, -0.2) is 47.7 Å². The van der Waals surface area contributed by atoms with Crippen LogP contribution in [0.5, 0.6) is 0 Å². The van der Waals surface area contributed by atoms with Crippen molar-refractivity contribution in [2.24, 2.45) is 17.8 Å². The zero-order valence-corrected chi connectivity index (χ0v) is 21.7. The first-order valence-electron chi connectivity index (χ1n) is 12.3. The van der Waals surface area contributed by atoms with E-state index in [0.29, 0.717) is 10.6 Å². The van der Waals surface area contributed by atoms with Gasteiger partial charge in [-0.2, -0.15) is 0 Å². The molecule has 0 bridgehead atoms. The highest BCUT2D eigenvalue weighted by molar-refractivity contribution is 6.30. The summed E-state index contributed by atoms with van der Waals surface area (Å²) in [5.41, 5.74) is 0.136. The van der Waals surface area contributed by atoms with Gasteiger partial charge in [-0.3, -0.25) is 4.79 Å². The summed E-state index contributed by atoms with van der Waals surface area (Å²) in [4.78, 5) is 41.6. The van der Waals surface area contributed by atoms with Crippen LogP contribution >= 0.6 is 11.6 Å². The molecule has 192 valence electrons. The summed E-state index contributed by atoms with van der Waals surface area (Å²) in [7, 11) is 0. The first-order chi connectivity index (χ1) is 17.2. The fourth-order valence-corrected chi connectivity index (χ4v) is 5.36. The van der Waals surface area contributed by atoms with E-state index in [1.54, 1.807) is 31.2 Å². The third-order valence-corrected chi connectivity index (χ3v) is 7.52. The highest BCUT2D eigenvalue weighted by Gasteiger charge is 2.62. The fraction of sp³-hybridized carbons (Fsp3) is 0.464. The number of carbonyl (C=O) groups is 3. The molecular formula is C28H32ClNO6. The van der Waals surface area contributed by atoms with Crippen LogP contribution in [0.15, 0.2) is 54.6 Å². The van der Waals surface area contributed by atoms with Crippen LogP contribution in [0.1, 0.15) is 44.9 Å². The Morgan fingerprint density at radius 1 is 1.14 bits per heavy atom. The van der Waals surface area contributed by atoms with E-state index in [4.69, 9.17) is 25.8 Å². The standard InChI is InChI=1S/C28H32ClNO6/c1-5-34-26(32)28(15-19-9-7-6-8-10-19)18(4)23(24(36-28)20-11-13-21(29)14-12-20)25(31)30-22(17(2)3)16-35-27(30)33/h6-14,17-18,22-24H,5,15-16H2,1-4H3. The van der Waals surface area contributed by atoms with Crippen LogP contribution in [-0.2, 0) is 30.2 Å². The number of halogens is 1. The molecule has 7 nitrogen and oxygen atoms in total. The SMILES string of the molecule is CCOC(=O)C1(Cc2ccccc2)OC(c2ccc(Cl)cc2)C(C(=O)N2C(=O)OCC2C(C)C)C1C. The van der Waals surface area contributed by atoms with Gasteiger partial charge in [0.05, 0.1) is 24.7 Å². The van der Waals surface area contributed by atoms with Gasteiger partial charge in [-0.1, -0.05) is 74.8 Å². The summed E-state index contributed by atoms with van der Waals surface area (Å²) in [5, 5.41) is 0.539. The first kappa shape index (κ1) is 26.2. The van der Waals surface area contributed by atoms with Crippen LogP contribution in [0.3, 0.4) is 0 Å². The van der Waals surface area contributed by atoms with Crippen LogP contribution < -0.4 is 0 Å². The molecule has 4 rings (SSSR count). The average Bonchev–Trinajstić information content (AvgIpc) is 3.38. The first-order valence-corrected chi connectivity index (χ1v) is 12.7. The minimum atomic E-state index is -1.43. The highest BCUT2D eigenvalue weighted by atomic mass is 35.5. The Morgan fingerprint density at radius 2 is 1.81 bits per heavy atom. The van der Waals surface area contributed by atoms with E-state index in [9.17, 15) is 14.4 Å². The van der Waals surface area contributed by atoms with E-state index in [1.165, 1.54) is 4.90 Å². The van der Waals surface area contributed by atoms with E-state index in [2.05, 4.69) is 0 Å². The van der Waals surface area contributed by atoms with Gasteiger partial charge in [-0.15, -0.1) is 0 Å². The minimum absolute atomic E-state index is 0.00569. The number of rotatable bonds is 7. The van der Waals surface area contributed by atoms with Gasteiger partial charge < -0.3 is 14.2 Å². The molecular weight excluding hydrogens is 482 g/mol. The summed E-state index contributed by atoms with van der Waals surface area (Å²) in [6.07, 6.45) is -1.24. The number of amides is 2. The van der Waals surface area contributed by atoms with Crippen molar-refractivity contribution in [2.75, 3.05) is 13.2 Å². The molecule has 0 spiro atoms. The van der Waals surface area contributed by atoms with Gasteiger partial charge in [0, 0.05) is 17.4 Å². The quantitative estimate of drug-likeness (QED) is 0.472. The molecule has 36 heavy (non-hydrogen) atoms. The summed E-state index contributed by atoms with van der Waals surface area (Å²) in [6, 6.07) is 16.1. The fourth-order valence-electron chi connectivity index (χ4n) is 5.23. The number of imide groups is 1. The van der Waals surface area contributed by atoms with E-state index in [0.717, 1.165) is 5.56 Å². The molecule has 0 aromatic heterocycles. The number of hydrogen-bond acceptors (Lipinski definition) is 6. The molecule has 8 heteroatoms. The van der Waals surface area contributed by atoms with Crippen molar-refractivity contribution in [3.63, 3.8) is 0 Å². The second-order valence-corrected chi connectivity index (χ2v) is 10.2. The normalized spacial score (nSPS) is 27.8. The maximum absolute atomic E-state index is 14.1. The Kier molecular flexibility index (Phi) is 7.71. The molecule has 0 N–H and O–H groups in total. The smallest absolute Gasteiger partial charge is 0.416 e. The van der Waals surface area contributed by atoms with Gasteiger partial charge in [0.1, 0.15) is 6.61 Å². The Morgan fingerprint density at radius 3 is 2.42 bits per heavy atom. The monoisotopic (exact) mass is 513 g/mol. The number of ether oxygens (including phenoxy) is 3. The van der Waals surface area contributed by atoms with Crippen molar-refractivity contribution in [2.45, 2.75) is 51.9 Å². The van der Waals surface area contributed by atoms with Crippen molar-refractivity contribution in [3.8, 4) is 0 Å². The maximum atomic E-state index is 14.1. The number of nitrogens with zero attached hydrogens (tertiary/aromatic N) is 1. The minimum Gasteiger partial charge on any atom is -0.464 e. The van der Waals surface area contributed by atoms with Gasteiger partial charge >= 0.3 is 12.1 Å². The molecule has 2 amide bonds. The van der Waals surface area contributed by atoms with Gasteiger partial charge in [-0.25, -0.2) is 14.5 Å². The van der Waals surface area contributed by atoms with Crippen molar-refractivity contribution >= 4 is 29.6 Å². The van der Waals surface area contributed by atoms with Crippen LogP contribution in [0, 0.1) is 17.8 Å². The van der Waals surface area contributed by atoms with Gasteiger partial charge in [0.2, 0.25) is 5.91 Å². The van der Waals surface area contributed by atoms with Crippen molar-refractivity contribution < 1.29 is 28.6 Å². The molecule has 0 radical (unpaired) electrons. The zero-order chi connectivity index (χ0) is 26.0. The van der Waals surface area contributed by atoms with Crippen molar-refractivity contribution in [1.82, 2.24) is 4.90 Å². The molecule has 5 atom stereocenters. The predicted octanol–water partition coefficient (Wildman–Crippen LogP) is 5.21. The molecule has 2 heterocycles. The number of cyclic esters (lactones) is 1. The molecule has 2 aliphatic heterocycles. The van der Waals surface area contributed by atoms with Gasteiger partial charge in [0.25, 0.3) is 0 Å². The summed E-state index contributed by atoms with van der Waals surface area (Å²) >= 11 is 6.13. The molecule has 2 aromatic rings. The largest absolute Gasteiger partial charge is 0.464 e. The third-order valence-electron chi connectivity index (χ3n) is 7.26. The van der Waals surface area contributed by atoms with E-state index >= 15 is 0 Å². The topological polar surface area (TPSA) is 82.1 Å². The third kappa shape index (κ3) is 4.74. The van der Waals surface area contributed by atoms with Gasteiger partial charge in [0.15, 0.2) is 5.60 Å². The van der Waals surface area contributed by atoms with Gasteiger partial charge in [-0.05, 0) is 36.1 Å². The molecule has 0 aliphatic carbocycles. The number of carbonyl (C=O) groups excluding carboxylic acids is 3. The van der Waals surface area contributed by atoms with E-state index in [1.807, 2.05) is 51.1 Å². The lowest BCUT2D eigenvalue weighted by Gasteiger charge is -2.32. The Bertz CT molecular complexity index is 1100. The second kappa shape index (κ2) is 10.6. The second-order valence-electron chi connectivity index (χ2n) is 9.77. The molecule has 0 saturated carbocycles. The molecule has 2 aromatic carbocycles. The molecule has 2 aliphatic rings. The summed E-state index contributed by atoms with van der Waals surface area (Å²) in [6.45, 7) is 7.75. The number of hydrogen-bond donors (Lipinski definition) is 0. The number of benzene rings is 2. The van der Waals surface area contributed by atoms with Crippen molar-refractivity contribution in [1.29, 1.82) is 0 Å². The molecule has 5 unspecified atom stereocenters. The maximum Gasteiger partial charge on any atom is 0.416 e.